The standard InChI is InChI=1S/C18H20ClNO2.C4H4O4/c1-13-15(19)8-5-9-16(13)22-18(14-6-3-2-4-7-14)17-12-20-10-11-21-17;5-3(6)1-2-4(7)8/h2-9,17-18,20H,10-12H2,1H3;1-2H,(H,5,6)(H,7,8)/b;2-1+/t17-,18-;/m0./s1. The van der Waals surface area contributed by atoms with Crippen molar-refractivity contribution < 1.29 is 29.3 Å². The Morgan fingerprint density at radius 1 is 1.13 bits per heavy atom. The first kappa shape index (κ1) is 23.4. The largest absolute Gasteiger partial charge is 0.483 e. The van der Waals surface area contributed by atoms with Crippen molar-refractivity contribution in [2.24, 2.45) is 0 Å². The van der Waals surface area contributed by atoms with Crippen LogP contribution in [-0.2, 0) is 14.3 Å². The van der Waals surface area contributed by atoms with E-state index < -0.39 is 11.9 Å². The van der Waals surface area contributed by atoms with E-state index in [9.17, 15) is 9.59 Å². The van der Waals surface area contributed by atoms with Crippen LogP contribution < -0.4 is 10.1 Å². The van der Waals surface area contributed by atoms with Gasteiger partial charge in [0.05, 0.1) is 6.61 Å². The molecule has 0 amide bonds. The van der Waals surface area contributed by atoms with Crippen molar-refractivity contribution in [3.63, 3.8) is 0 Å². The van der Waals surface area contributed by atoms with Gasteiger partial charge in [0.15, 0.2) is 6.10 Å². The third kappa shape index (κ3) is 7.51. The molecule has 160 valence electrons. The van der Waals surface area contributed by atoms with E-state index in [1.165, 1.54) is 0 Å². The summed E-state index contributed by atoms with van der Waals surface area (Å²) in [6, 6.07) is 15.9. The van der Waals surface area contributed by atoms with Gasteiger partial charge >= 0.3 is 11.9 Å². The van der Waals surface area contributed by atoms with Gasteiger partial charge in [-0.2, -0.15) is 0 Å². The van der Waals surface area contributed by atoms with Crippen molar-refractivity contribution in [2.45, 2.75) is 19.1 Å². The van der Waals surface area contributed by atoms with Crippen LogP contribution in [0.2, 0.25) is 5.02 Å². The molecule has 3 rings (SSSR count). The zero-order valence-electron chi connectivity index (χ0n) is 16.5. The summed E-state index contributed by atoms with van der Waals surface area (Å²) in [6.45, 7) is 4.33. The molecule has 0 spiro atoms. The fourth-order valence-electron chi connectivity index (χ4n) is 2.78. The lowest BCUT2D eigenvalue weighted by Gasteiger charge is -2.32. The van der Waals surface area contributed by atoms with Crippen LogP contribution in [0, 0.1) is 6.92 Å². The quantitative estimate of drug-likeness (QED) is 0.599. The molecule has 0 radical (unpaired) electrons. The molecule has 1 aliphatic rings. The summed E-state index contributed by atoms with van der Waals surface area (Å²) in [7, 11) is 0. The number of benzene rings is 2. The van der Waals surface area contributed by atoms with Crippen LogP contribution in [0.15, 0.2) is 60.7 Å². The van der Waals surface area contributed by atoms with E-state index in [4.69, 9.17) is 31.3 Å². The van der Waals surface area contributed by atoms with Gasteiger partial charge in [-0.05, 0) is 24.6 Å². The van der Waals surface area contributed by atoms with Crippen LogP contribution in [0.1, 0.15) is 17.2 Å². The lowest BCUT2D eigenvalue weighted by atomic mass is 10.0. The number of hydrogen-bond donors (Lipinski definition) is 3. The third-order valence-corrected chi connectivity index (χ3v) is 4.67. The van der Waals surface area contributed by atoms with Gasteiger partial charge in [-0.25, -0.2) is 9.59 Å². The van der Waals surface area contributed by atoms with Gasteiger partial charge in [0.1, 0.15) is 11.9 Å². The van der Waals surface area contributed by atoms with Crippen LogP contribution >= 0.6 is 11.6 Å². The number of hydrogen-bond acceptors (Lipinski definition) is 5. The van der Waals surface area contributed by atoms with E-state index in [0.29, 0.717) is 23.8 Å². The van der Waals surface area contributed by atoms with Gasteiger partial charge in [0.25, 0.3) is 0 Å². The Labute approximate surface area is 179 Å². The number of rotatable bonds is 6. The van der Waals surface area contributed by atoms with E-state index >= 15 is 0 Å². The highest BCUT2D eigenvalue weighted by Crippen LogP contribution is 2.32. The van der Waals surface area contributed by atoms with Crippen molar-refractivity contribution in [1.82, 2.24) is 5.32 Å². The van der Waals surface area contributed by atoms with Crippen molar-refractivity contribution in [2.75, 3.05) is 19.7 Å². The molecule has 2 aromatic carbocycles. The molecule has 2 aromatic rings. The summed E-state index contributed by atoms with van der Waals surface area (Å²) in [4.78, 5) is 19.1. The second-order valence-corrected chi connectivity index (χ2v) is 6.84. The van der Waals surface area contributed by atoms with Crippen LogP contribution in [0.5, 0.6) is 5.75 Å². The Morgan fingerprint density at radius 2 is 1.80 bits per heavy atom. The van der Waals surface area contributed by atoms with Crippen LogP contribution in [0.4, 0.5) is 0 Å². The molecular weight excluding hydrogens is 410 g/mol. The first-order valence-corrected chi connectivity index (χ1v) is 9.69. The lowest BCUT2D eigenvalue weighted by molar-refractivity contribution is -0.134. The molecular formula is C22H24ClNO6. The number of carboxylic acids is 2. The highest BCUT2D eigenvalue weighted by Gasteiger charge is 2.28. The van der Waals surface area contributed by atoms with Gasteiger partial charge in [0.2, 0.25) is 0 Å². The Kier molecular flexibility index (Phi) is 9.34. The van der Waals surface area contributed by atoms with E-state index in [-0.39, 0.29) is 12.2 Å². The summed E-state index contributed by atoms with van der Waals surface area (Å²) >= 11 is 6.21. The molecule has 3 N–H and O–H groups in total. The fraction of sp³-hybridized carbons (Fsp3) is 0.273. The topological polar surface area (TPSA) is 105 Å². The number of aliphatic carboxylic acids is 2. The minimum Gasteiger partial charge on any atom is -0.483 e. The van der Waals surface area contributed by atoms with E-state index in [0.717, 1.165) is 30.0 Å². The summed E-state index contributed by atoms with van der Waals surface area (Å²) in [5, 5.41) is 19.7. The number of carbonyl (C=O) groups is 2. The Morgan fingerprint density at radius 3 is 2.37 bits per heavy atom. The van der Waals surface area contributed by atoms with Crippen LogP contribution in [0.25, 0.3) is 0 Å². The molecule has 1 fully saturated rings. The predicted octanol–water partition coefficient (Wildman–Crippen LogP) is 3.47. The second-order valence-electron chi connectivity index (χ2n) is 6.44. The summed E-state index contributed by atoms with van der Waals surface area (Å²) in [6.07, 6.45) is 0.936. The summed E-state index contributed by atoms with van der Waals surface area (Å²) < 4.78 is 12.2. The molecule has 2 atom stereocenters. The maximum Gasteiger partial charge on any atom is 0.328 e. The van der Waals surface area contributed by atoms with Crippen LogP contribution in [-0.4, -0.2) is 48.0 Å². The smallest absolute Gasteiger partial charge is 0.328 e. The molecule has 0 aliphatic carbocycles. The van der Waals surface area contributed by atoms with Crippen molar-refractivity contribution in [3.05, 3.63) is 76.8 Å². The van der Waals surface area contributed by atoms with E-state index in [2.05, 4.69) is 17.4 Å². The van der Waals surface area contributed by atoms with Gasteiger partial charge < -0.3 is 25.0 Å². The first-order chi connectivity index (χ1) is 14.4. The number of nitrogens with one attached hydrogen (secondary N) is 1. The van der Waals surface area contributed by atoms with Gasteiger partial charge in [-0.15, -0.1) is 0 Å². The second kappa shape index (κ2) is 12.0. The average Bonchev–Trinajstić information content (AvgIpc) is 2.75. The number of halogens is 1. The zero-order chi connectivity index (χ0) is 21.9. The highest BCUT2D eigenvalue weighted by molar-refractivity contribution is 6.31. The third-order valence-electron chi connectivity index (χ3n) is 4.26. The molecule has 8 heteroatoms. The number of morpholine rings is 1. The van der Waals surface area contributed by atoms with E-state index in [1.807, 2.05) is 43.3 Å². The van der Waals surface area contributed by atoms with Crippen molar-refractivity contribution >= 4 is 23.5 Å². The molecule has 0 aromatic heterocycles. The Hall–Kier alpha value is -2.87. The van der Waals surface area contributed by atoms with E-state index in [1.54, 1.807) is 0 Å². The monoisotopic (exact) mass is 433 g/mol. The zero-order valence-corrected chi connectivity index (χ0v) is 17.2. The van der Waals surface area contributed by atoms with Gasteiger partial charge in [-0.3, -0.25) is 0 Å². The average molecular weight is 434 g/mol. The molecule has 30 heavy (non-hydrogen) atoms. The molecule has 0 unspecified atom stereocenters. The van der Waals surface area contributed by atoms with Crippen LogP contribution in [0.3, 0.4) is 0 Å². The molecule has 7 nitrogen and oxygen atoms in total. The van der Waals surface area contributed by atoms with Gasteiger partial charge in [0, 0.05) is 35.8 Å². The summed E-state index contributed by atoms with van der Waals surface area (Å²) in [5.74, 6) is -1.71. The minimum absolute atomic E-state index is 0.0190. The lowest BCUT2D eigenvalue weighted by Crippen LogP contribution is -2.43. The normalized spacial score (nSPS) is 16.9. The SMILES string of the molecule is Cc1c(Cl)cccc1O[C@@H](c1ccccc1)[C@@H]1CNCCO1.O=C(O)/C=C/C(=O)O. The molecule has 1 aliphatic heterocycles. The van der Waals surface area contributed by atoms with Crippen molar-refractivity contribution in [1.29, 1.82) is 0 Å². The first-order valence-electron chi connectivity index (χ1n) is 9.31. The fourth-order valence-corrected chi connectivity index (χ4v) is 2.94. The Balaban J connectivity index is 0.000000343. The molecule has 0 saturated carbocycles. The molecule has 1 heterocycles. The molecule has 0 bridgehead atoms. The maximum absolute atomic E-state index is 9.55. The minimum atomic E-state index is -1.26. The predicted molar refractivity (Wildman–Crippen MR) is 113 cm³/mol. The summed E-state index contributed by atoms with van der Waals surface area (Å²) in [5.41, 5.74) is 2.06. The Bertz CT molecular complexity index is 849. The maximum atomic E-state index is 9.55. The number of ether oxygens (including phenoxy) is 2. The van der Waals surface area contributed by atoms with Crippen molar-refractivity contribution in [3.8, 4) is 5.75 Å². The highest BCUT2D eigenvalue weighted by atomic mass is 35.5. The number of carboxylic acid groups (broad SMARTS) is 2. The molecule has 1 saturated heterocycles. The van der Waals surface area contributed by atoms with Gasteiger partial charge in [-0.1, -0.05) is 48.0 Å².